The van der Waals surface area contributed by atoms with E-state index in [9.17, 15) is 4.39 Å². The quantitative estimate of drug-likeness (QED) is 0.682. The Morgan fingerprint density at radius 2 is 1.95 bits per heavy atom. The maximum Gasteiger partial charge on any atom is 0.159 e. The molecule has 0 saturated carbocycles. The van der Waals surface area contributed by atoms with Gasteiger partial charge in [0.15, 0.2) is 5.65 Å². The number of aromatic nitrogens is 4. The first kappa shape index (κ1) is 12.7. The van der Waals surface area contributed by atoms with Crippen LogP contribution in [0.2, 0.25) is 0 Å². The number of rotatable bonds is 1. The van der Waals surface area contributed by atoms with E-state index in [1.165, 1.54) is 12.3 Å². The Morgan fingerprint density at radius 3 is 2.65 bits per heavy atom. The molecule has 0 aromatic carbocycles. The molecule has 5 heteroatoms. The molecule has 0 bridgehead atoms. The Bertz CT molecular complexity index is 771. The lowest BCUT2D eigenvalue weighted by Gasteiger charge is -2.16. The van der Waals surface area contributed by atoms with Gasteiger partial charge in [-0.3, -0.25) is 4.98 Å². The minimum Gasteiger partial charge on any atom is -0.261 e. The highest BCUT2D eigenvalue weighted by molar-refractivity contribution is 5.62. The molecular weight excluding hydrogens is 255 g/mol. The van der Waals surface area contributed by atoms with E-state index in [0.717, 1.165) is 11.2 Å². The second kappa shape index (κ2) is 4.37. The summed E-state index contributed by atoms with van der Waals surface area (Å²) in [6.07, 6.45) is 6.45. The van der Waals surface area contributed by atoms with E-state index in [0.29, 0.717) is 11.3 Å². The highest BCUT2D eigenvalue weighted by Crippen LogP contribution is 2.27. The first-order valence-corrected chi connectivity index (χ1v) is 6.41. The van der Waals surface area contributed by atoms with E-state index in [4.69, 9.17) is 0 Å². The van der Waals surface area contributed by atoms with Gasteiger partial charge in [-0.05, 0) is 17.5 Å². The van der Waals surface area contributed by atoms with Crippen molar-refractivity contribution in [2.45, 2.75) is 26.2 Å². The van der Waals surface area contributed by atoms with Crippen LogP contribution in [0.15, 0.2) is 36.9 Å². The van der Waals surface area contributed by atoms with E-state index >= 15 is 0 Å². The molecule has 0 atom stereocenters. The van der Waals surface area contributed by atoms with E-state index < -0.39 is 0 Å². The second-order valence-corrected chi connectivity index (χ2v) is 5.78. The van der Waals surface area contributed by atoms with Gasteiger partial charge in [-0.15, -0.1) is 0 Å². The molecule has 0 aliphatic carbocycles. The van der Waals surface area contributed by atoms with E-state index in [1.807, 2.05) is 18.5 Å². The lowest BCUT2D eigenvalue weighted by Crippen LogP contribution is -2.11. The number of hydrogen-bond acceptors (Lipinski definition) is 3. The fourth-order valence-electron chi connectivity index (χ4n) is 2.11. The maximum absolute atomic E-state index is 13.3. The van der Waals surface area contributed by atoms with Gasteiger partial charge in [0.25, 0.3) is 0 Å². The monoisotopic (exact) mass is 270 g/mol. The summed E-state index contributed by atoms with van der Waals surface area (Å²) in [7, 11) is 0. The Hall–Kier alpha value is -2.30. The van der Waals surface area contributed by atoms with Crippen molar-refractivity contribution >= 4 is 5.65 Å². The largest absolute Gasteiger partial charge is 0.261 e. The zero-order chi connectivity index (χ0) is 14.3. The Kier molecular flexibility index (Phi) is 2.78. The molecule has 0 N–H and O–H groups in total. The smallest absolute Gasteiger partial charge is 0.159 e. The zero-order valence-electron chi connectivity index (χ0n) is 11.6. The Balaban J connectivity index is 2.19. The normalized spacial score (nSPS) is 12.0. The predicted octanol–water partition coefficient (Wildman–Crippen LogP) is 3.23. The molecule has 0 aliphatic heterocycles. The van der Waals surface area contributed by atoms with Gasteiger partial charge in [0.05, 0.1) is 18.1 Å². The van der Waals surface area contributed by atoms with Crippen molar-refractivity contribution in [3.05, 3.63) is 48.3 Å². The third-order valence-corrected chi connectivity index (χ3v) is 3.18. The SMILES string of the molecule is CC(C)(C)c1cnn2ccc(-c3cncc(F)c3)nc12. The molecule has 102 valence electrons. The average Bonchev–Trinajstić information content (AvgIpc) is 2.81. The molecule has 0 spiro atoms. The molecule has 3 rings (SSSR count). The fraction of sp³-hybridized carbons (Fsp3) is 0.267. The van der Waals surface area contributed by atoms with Crippen LogP contribution in [0, 0.1) is 5.82 Å². The number of fused-ring (bicyclic) bond motifs is 1. The van der Waals surface area contributed by atoms with Gasteiger partial charge in [-0.1, -0.05) is 20.8 Å². The zero-order valence-corrected chi connectivity index (χ0v) is 11.6. The molecule has 0 fully saturated rings. The van der Waals surface area contributed by atoms with Gasteiger partial charge in [-0.25, -0.2) is 13.9 Å². The second-order valence-electron chi connectivity index (χ2n) is 5.78. The average molecular weight is 270 g/mol. The molecule has 3 aromatic heterocycles. The van der Waals surface area contributed by atoms with Gasteiger partial charge < -0.3 is 0 Å². The predicted molar refractivity (Wildman–Crippen MR) is 74.9 cm³/mol. The van der Waals surface area contributed by atoms with Crippen molar-refractivity contribution in [2.75, 3.05) is 0 Å². The first-order valence-electron chi connectivity index (χ1n) is 6.41. The topological polar surface area (TPSA) is 43.1 Å². The third-order valence-electron chi connectivity index (χ3n) is 3.18. The van der Waals surface area contributed by atoms with Crippen molar-refractivity contribution in [1.82, 2.24) is 19.6 Å². The summed E-state index contributed by atoms with van der Waals surface area (Å²) in [4.78, 5) is 8.47. The molecule has 20 heavy (non-hydrogen) atoms. The lowest BCUT2D eigenvalue weighted by atomic mass is 9.89. The molecule has 0 unspecified atom stereocenters. The van der Waals surface area contributed by atoms with Gasteiger partial charge in [-0.2, -0.15) is 5.10 Å². The summed E-state index contributed by atoms with van der Waals surface area (Å²) < 4.78 is 15.0. The molecule has 3 heterocycles. The van der Waals surface area contributed by atoms with Crippen LogP contribution in [0.5, 0.6) is 0 Å². The standard InChI is InChI=1S/C15H15FN4/c1-15(2,3)12-9-18-20-5-4-13(19-14(12)20)10-6-11(16)8-17-7-10/h4-9H,1-3H3. The van der Waals surface area contributed by atoms with Crippen LogP contribution in [0.1, 0.15) is 26.3 Å². The Labute approximate surface area is 116 Å². The van der Waals surface area contributed by atoms with Gasteiger partial charge in [0.1, 0.15) is 5.82 Å². The maximum atomic E-state index is 13.3. The van der Waals surface area contributed by atoms with E-state index in [-0.39, 0.29) is 11.2 Å². The lowest BCUT2D eigenvalue weighted by molar-refractivity contribution is 0.594. The van der Waals surface area contributed by atoms with E-state index in [2.05, 4.69) is 35.8 Å². The fourth-order valence-corrected chi connectivity index (χ4v) is 2.11. The van der Waals surface area contributed by atoms with Gasteiger partial charge >= 0.3 is 0 Å². The van der Waals surface area contributed by atoms with Crippen molar-refractivity contribution in [3.63, 3.8) is 0 Å². The highest BCUT2D eigenvalue weighted by atomic mass is 19.1. The van der Waals surface area contributed by atoms with Gasteiger partial charge in [0.2, 0.25) is 0 Å². The van der Waals surface area contributed by atoms with Crippen molar-refractivity contribution in [1.29, 1.82) is 0 Å². The summed E-state index contributed by atoms with van der Waals surface area (Å²) in [6.45, 7) is 6.34. The van der Waals surface area contributed by atoms with Crippen LogP contribution < -0.4 is 0 Å². The molecule has 0 saturated heterocycles. The summed E-state index contributed by atoms with van der Waals surface area (Å²) in [5.74, 6) is -0.367. The summed E-state index contributed by atoms with van der Waals surface area (Å²) in [5, 5.41) is 4.30. The number of halogens is 1. The van der Waals surface area contributed by atoms with Crippen LogP contribution in [0.25, 0.3) is 16.9 Å². The molecule has 0 radical (unpaired) electrons. The summed E-state index contributed by atoms with van der Waals surface area (Å²) in [5.41, 5.74) is 3.15. The third kappa shape index (κ3) is 2.15. The molecule has 4 nitrogen and oxygen atoms in total. The number of hydrogen-bond donors (Lipinski definition) is 0. The van der Waals surface area contributed by atoms with Gasteiger partial charge in [0, 0.05) is 23.5 Å². The summed E-state index contributed by atoms with van der Waals surface area (Å²) in [6, 6.07) is 3.24. The minimum atomic E-state index is -0.367. The molecular formula is C15H15FN4. The van der Waals surface area contributed by atoms with Crippen LogP contribution in [-0.4, -0.2) is 19.6 Å². The van der Waals surface area contributed by atoms with Crippen LogP contribution >= 0.6 is 0 Å². The van der Waals surface area contributed by atoms with Crippen LogP contribution in [-0.2, 0) is 5.41 Å². The summed E-state index contributed by atoms with van der Waals surface area (Å²) >= 11 is 0. The Morgan fingerprint density at radius 1 is 1.15 bits per heavy atom. The molecule has 0 aliphatic rings. The molecule has 3 aromatic rings. The van der Waals surface area contributed by atoms with Crippen LogP contribution in [0.4, 0.5) is 4.39 Å². The number of pyridine rings is 1. The van der Waals surface area contributed by atoms with Crippen molar-refractivity contribution in [2.24, 2.45) is 0 Å². The minimum absolute atomic E-state index is 0.0481. The number of nitrogens with zero attached hydrogens (tertiary/aromatic N) is 4. The van der Waals surface area contributed by atoms with E-state index in [1.54, 1.807) is 10.7 Å². The van der Waals surface area contributed by atoms with Crippen LogP contribution in [0.3, 0.4) is 0 Å². The highest BCUT2D eigenvalue weighted by Gasteiger charge is 2.20. The molecule has 0 amide bonds. The first-order chi connectivity index (χ1) is 9.45. The van der Waals surface area contributed by atoms with Crippen molar-refractivity contribution < 1.29 is 4.39 Å². The van der Waals surface area contributed by atoms with Crippen molar-refractivity contribution in [3.8, 4) is 11.3 Å².